The zero-order valence-corrected chi connectivity index (χ0v) is 33.1. The summed E-state index contributed by atoms with van der Waals surface area (Å²) >= 11 is -2.42. The van der Waals surface area contributed by atoms with Gasteiger partial charge in [-0.15, -0.1) is 0 Å². The maximum atomic E-state index is 7.27. The first-order chi connectivity index (χ1) is 19.5. The van der Waals surface area contributed by atoms with Crippen LogP contribution in [-0.2, 0) is 4.43 Å². The van der Waals surface area contributed by atoms with Crippen molar-refractivity contribution in [3.05, 3.63) is 60.2 Å². The van der Waals surface area contributed by atoms with Crippen LogP contribution in [0.15, 0.2) is 54.6 Å². The minimum atomic E-state index is -2.68. The molecule has 5 heteroatoms. The van der Waals surface area contributed by atoms with Gasteiger partial charge in [0.15, 0.2) is 0 Å². The fraction of sp³-hybridized carbons (Fsp3) is 0.611. The Labute approximate surface area is 265 Å². The van der Waals surface area contributed by atoms with Crippen molar-refractivity contribution < 1.29 is 9.16 Å². The van der Waals surface area contributed by atoms with Crippen LogP contribution in [0.4, 0.5) is 0 Å². The number of rotatable bonds is 16. The number of ether oxygens (including phenoxy) is 1. The first-order valence-electron chi connectivity index (χ1n) is 15.9. The summed E-state index contributed by atoms with van der Waals surface area (Å²) in [4.78, 5) is 0. The van der Waals surface area contributed by atoms with Crippen LogP contribution >= 0.6 is 0 Å². The zero-order chi connectivity index (χ0) is 30.4. The van der Waals surface area contributed by atoms with Gasteiger partial charge < -0.3 is 0 Å². The molecule has 0 aliphatic rings. The normalized spacial score (nSPS) is 13.1. The third-order valence-corrected chi connectivity index (χ3v) is 25.6. The summed E-state index contributed by atoms with van der Waals surface area (Å²) < 4.78 is 23.5. The molecule has 2 aromatic carbocycles. The molecule has 41 heavy (non-hydrogen) atoms. The Hall–Kier alpha value is -0.705. The molecule has 1 unspecified atom stereocenters. The van der Waals surface area contributed by atoms with Crippen molar-refractivity contribution in [1.29, 1.82) is 0 Å². The van der Waals surface area contributed by atoms with E-state index < -0.39 is 27.4 Å². The van der Waals surface area contributed by atoms with Gasteiger partial charge in [-0.25, -0.2) is 0 Å². The van der Waals surface area contributed by atoms with Crippen molar-refractivity contribution in [2.45, 2.75) is 130 Å². The Morgan fingerprint density at radius 2 is 1.27 bits per heavy atom. The fourth-order valence-electron chi connectivity index (χ4n) is 5.60. The van der Waals surface area contributed by atoms with E-state index >= 15 is 0 Å². The molecule has 0 fully saturated rings. The molecule has 0 saturated carbocycles. The molecule has 0 saturated heterocycles. The van der Waals surface area contributed by atoms with Gasteiger partial charge in [0.25, 0.3) is 0 Å². The van der Waals surface area contributed by atoms with Gasteiger partial charge in [-0.1, -0.05) is 0 Å². The van der Waals surface area contributed by atoms with Gasteiger partial charge in [-0.05, 0) is 0 Å². The monoisotopic (exact) mass is 749 g/mol. The van der Waals surface area contributed by atoms with E-state index in [0.29, 0.717) is 5.51 Å². The van der Waals surface area contributed by atoms with E-state index in [1.807, 2.05) is 0 Å². The number of unbranched alkanes of at least 4 members (excludes halogenated alkanes) is 3. The molecule has 0 bridgehead atoms. The van der Waals surface area contributed by atoms with E-state index in [-0.39, 0.29) is 31.1 Å². The molecule has 0 aliphatic carbocycles. The first kappa shape index (κ1) is 36.5. The van der Waals surface area contributed by atoms with Gasteiger partial charge in [-0.2, -0.15) is 0 Å². The molecule has 2 nitrogen and oxygen atoms in total. The molecule has 0 amide bonds. The zero-order valence-electron chi connectivity index (χ0n) is 27.6. The molecular formula is C36H57O2SeSiSn. The van der Waals surface area contributed by atoms with Crippen LogP contribution in [0.25, 0.3) is 0 Å². The Bertz CT molecular complexity index is 1030. The van der Waals surface area contributed by atoms with Crippen LogP contribution < -0.4 is 9.20 Å². The van der Waals surface area contributed by atoms with Crippen LogP contribution in [-0.4, -0.2) is 47.9 Å². The van der Waals surface area contributed by atoms with E-state index in [2.05, 4.69) is 127 Å². The Balaban J connectivity index is 2.55. The summed E-state index contributed by atoms with van der Waals surface area (Å²) in [6.07, 6.45) is 7.51. The van der Waals surface area contributed by atoms with Gasteiger partial charge in [-0.3, -0.25) is 0 Å². The number of hydrogen-bond donors (Lipinski definition) is 0. The molecule has 0 aromatic heterocycles. The van der Waals surface area contributed by atoms with Gasteiger partial charge in [0.1, 0.15) is 0 Å². The molecule has 227 valence electrons. The van der Waals surface area contributed by atoms with Crippen molar-refractivity contribution in [2.24, 2.45) is 0 Å². The summed E-state index contributed by atoms with van der Waals surface area (Å²) in [5.74, 6) is 4.83. The molecule has 0 N–H and O–H groups in total. The first-order valence-corrected chi connectivity index (χ1v) is 26.9. The fourth-order valence-corrected chi connectivity index (χ4v) is 23.7. The minimum absolute atomic E-state index is 0.0854. The molecule has 0 spiro atoms. The Morgan fingerprint density at radius 1 is 0.756 bits per heavy atom. The third kappa shape index (κ3) is 12.8. The summed E-state index contributed by atoms with van der Waals surface area (Å²) in [5, 5.41) is 0.171. The molecule has 2 aromatic rings. The Morgan fingerprint density at radius 3 is 1.78 bits per heavy atom. The quantitative estimate of drug-likeness (QED) is 0.126. The van der Waals surface area contributed by atoms with E-state index in [1.54, 1.807) is 0 Å². The summed E-state index contributed by atoms with van der Waals surface area (Å²) in [7, 11) is -1.25. The average molecular weight is 748 g/mol. The molecule has 0 heterocycles. The summed E-state index contributed by atoms with van der Waals surface area (Å²) in [5.41, 5.74) is 1.82. The maximum absolute atomic E-state index is 7.27. The summed E-state index contributed by atoms with van der Waals surface area (Å²) in [6, 6.07) is 19.2. The second kappa shape index (κ2) is 18.2. The van der Waals surface area contributed by atoms with Crippen LogP contribution in [0, 0.1) is 9.86 Å². The van der Waals surface area contributed by atoms with E-state index in [4.69, 9.17) is 9.16 Å². The predicted octanol–water partition coefficient (Wildman–Crippen LogP) is 10.1. The van der Waals surface area contributed by atoms with E-state index in [9.17, 15) is 0 Å². The van der Waals surface area contributed by atoms with E-state index in [1.165, 1.54) is 56.3 Å². The SMILES string of the molecule is CCC[CH2][Sn]([C]#CC(O[Si](C(C)(C)C)C(C)(C)C)c1ccccc1OC[Se]c1ccccc1)([CH2]CCC)[CH2]CCC. The topological polar surface area (TPSA) is 18.5 Å². The molecule has 2 rings (SSSR count). The van der Waals surface area contributed by atoms with Gasteiger partial charge in [0.05, 0.1) is 0 Å². The number of benzene rings is 2. The number of hydrogen-bond acceptors (Lipinski definition) is 2. The van der Waals surface area contributed by atoms with Crippen LogP contribution in [0.2, 0.25) is 23.4 Å². The second-order valence-corrected chi connectivity index (χ2v) is 31.7. The third-order valence-electron chi connectivity index (χ3n) is 7.48. The standard InChI is InChI=1S/C24H30O2SeSi.3C4H9.Sn/c1-8-21(26-28(23(2,3)4)24(5,6)7)20-16-12-13-17-22(20)25-18-27-19-14-10-9-11-15-19;3*1-3-4-2;/h9-17,21H,18H2,2-7H3;3*1,3-4H2,2H3;. The Kier molecular flexibility index (Phi) is 16.2. The van der Waals surface area contributed by atoms with Crippen LogP contribution in [0.5, 0.6) is 5.75 Å². The van der Waals surface area contributed by atoms with Crippen molar-refractivity contribution in [2.75, 3.05) is 5.51 Å². The van der Waals surface area contributed by atoms with Crippen molar-refractivity contribution >= 4 is 46.8 Å². The van der Waals surface area contributed by atoms with Crippen LogP contribution in [0.1, 0.15) is 113 Å². The molecule has 1 radical (unpaired) electrons. The molecular weight excluding hydrogens is 690 g/mol. The van der Waals surface area contributed by atoms with Gasteiger partial charge in [0.2, 0.25) is 0 Å². The van der Waals surface area contributed by atoms with Gasteiger partial charge in [0, 0.05) is 0 Å². The molecule has 0 aliphatic heterocycles. The average Bonchev–Trinajstić information content (AvgIpc) is 2.93. The van der Waals surface area contributed by atoms with Crippen molar-refractivity contribution in [1.82, 2.24) is 0 Å². The van der Waals surface area contributed by atoms with Crippen molar-refractivity contribution in [3.8, 4) is 15.6 Å². The van der Waals surface area contributed by atoms with Crippen LogP contribution in [0.3, 0.4) is 0 Å². The summed E-state index contributed by atoms with van der Waals surface area (Å²) in [6.45, 7) is 21.1. The van der Waals surface area contributed by atoms with E-state index in [0.717, 1.165) is 11.3 Å². The van der Waals surface area contributed by atoms with Crippen molar-refractivity contribution in [3.63, 3.8) is 0 Å². The molecule has 1 atom stereocenters. The second-order valence-electron chi connectivity index (χ2n) is 13.4. The van der Waals surface area contributed by atoms with Gasteiger partial charge >= 0.3 is 268 Å². The predicted molar refractivity (Wildman–Crippen MR) is 185 cm³/mol. The number of para-hydroxylation sites is 1.